The number of hydrogen-bond donors (Lipinski definition) is 4. The maximum atomic E-state index is 13.6. The normalized spacial score (nSPS) is 25.0. The number of amidine groups is 2. The molecule has 46 heavy (non-hydrogen) atoms. The SMILES string of the molecule is COC(=O)N[C@H](C(=O)N1CCC[C@H]1C1=NCC(c2ccc3c(=O)c4cc(C5CN=C([C@@H]6CCCN6)N5)ccc4oc3c2)N1)C(C)C. The van der Waals surface area contributed by atoms with Crippen LogP contribution in [0.5, 0.6) is 0 Å². The van der Waals surface area contributed by atoms with E-state index in [4.69, 9.17) is 19.1 Å². The second kappa shape index (κ2) is 12.4. The van der Waals surface area contributed by atoms with E-state index in [-0.39, 0.29) is 41.4 Å². The predicted molar refractivity (Wildman–Crippen MR) is 176 cm³/mol. The van der Waals surface area contributed by atoms with Gasteiger partial charge in [0.2, 0.25) is 11.3 Å². The first-order chi connectivity index (χ1) is 22.3. The van der Waals surface area contributed by atoms with E-state index in [9.17, 15) is 14.4 Å². The molecule has 5 heterocycles. The molecule has 5 atom stereocenters. The van der Waals surface area contributed by atoms with E-state index in [1.165, 1.54) is 7.11 Å². The molecule has 2 unspecified atom stereocenters. The number of nitrogens with one attached hydrogen (secondary N) is 4. The number of ether oxygens (including phenoxy) is 1. The maximum Gasteiger partial charge on any atom is 0.407 e. The van der Waals surface area contributed by atoms with Crippen molar-refractivity contribution in [3.05, 3.63) is 57.7 Å². The second-order valence-corrected chi connectivity index (χ2v) is 13.0. The Morgan fingerprint density at radius 1 is 0.935 bits per heavy atom. The molecule has 12 heteroatoms. The lowest BCUT2D eigenvalue weighted by molar-refractivity contribution is -0.134. The molecule has 242 valence electrons. The molecule has 0 spiro atoms. The minimum Gasteiger partial charge on any atom is -0.456 e. The van der Waals surface area contributed by atoms with Crippen LogP contribution in [0.3, 0.4) is 0 Å². The van der Waals surface area contributed by atoms with Gasteiger partial charge in [-0.15, -0.1) is 0 Å². The molecule has 4 aliphatic rings. The average Bonchev–Trinajstić information content (AvgIpc) is 3.89. The lowest BCUT2D eigenvalue weighted by Gasteiger charge is -2.31. The summed E-state index contributed by atoms with van der Waals surface area (Å²) in [5.41, 5.74) is 2.99. The summed E-state index contributed by atoms with van der Waals surface area (Å²) in [5, 5.41) is 14.4. The zero-order valence-electron chi connectivity index (χ0n) is 26.5. The molecule has 4 aliphatic heterocycles. The number of nitrogens with zero attached hydrogens (tertiary/aromatic N) is 3. The molecule has 3 aromatic rings. The van der Waals surface area contributed by atoms with Gasteiger partial charge >= 0.3 is 6.09 Å². The van der Waals surface area contributed by atoms with Gasteiger partial charge in [0.1, 0.15) is 28.9 Å². The van der Waals surface area contributed by atoms with Crippen LogP contribution in [0.2, 0.25) is 0 Å². The van der Waals surface area contributed by atoms with Crippen LogP contribution in [-0.4, -0.2) is 80.0 Å². The van der Waals surface area contributed by atoms with Crippen LogP contribution in [0.15, 0.2) is 55.6 Å². The molecular formula is C34H41N7O5. The molecule has 0 bridgehead atoms. The molecule has 0 aliphatic carbocycles. The molecular weight excluding hydrogens is 586 g/mol. The third-order valence-corrected chi connectivity index (χ3v) is 9.69. The minimum atomic E-state index is -0.686. The van der Waals surface area contributed by atoms with Crippen molar-refractivity contribution in [2.75, 3.05) is 33.3 Å². The highest BCUT2D eigenvalue weighted by atomic mass is 16.5. The first kappa shape index (κ1) is 30.2. The fourth-order valence-corrected chi connectivity index (χ4v) is 7.14. The highest BCUT2D eigenvalue weighted by Gasteiger charge is 2.39. The smallest absolute Gasteiger partial charge is 0.407 e. The summed E-state index contributed by atoms with van der Waals surface area (Å²) in [6, 6.07) is 10.9. The Labute approximate surface area is 267 Å². The number of amides is 2. The highest BCUT2D eigenvalue weighted by Crippen LogP contribution is 2.29. The van der Waals surface area contributed by atoms with E-state index >= 15 is 0 Å². The quantitative estimate of drug-likeness (QED) is 0.292. The van der Waals surface area contributed by atoms with Crippen LogP contribution in [0.25, 0.3) is 21.9 Å². The van der Waals surface area contributed by atoms with Gasteiger partial charge < -0.3 is 35.3 Å². The van der Waals surface area contributed by atoms with E-state index in [1.807, 2.05) is 55.1 Å². The molecule has 4 N–H and O–H groups in total. The van der Waals surface area contributed by atoms with Crippen LogP contribution in [-0.2, 0) is 9.53 Å². The van der Waals surface area contributed by atoms with Crippen LogP contribution in [0.4, 0.5) is 4.79 Å². The Kier molecular flexibility index (Phi) is 8.14. The van der Waals surface area contributed by atoms with E-state index in [0.29, 0.717) is 41.6 Å². The third kappa shape index (κ3) is 5.59. The first-order valence-corrected chi connectivity index (χ1v) is 16.3. The van der Waals surface area contributed by atoms with E-state index in [1.54, 1.807) is 0 Å². The number of alkyl carbamates (subject to hydrolysis) is 1. The molecule has 12 nitrogen and oxygen atoms in total. The number of carbonyl (C=O) groups is 2. The van der Waals surface area contributed by atoms with Crippen molar-refractivity contribution < 1.29 is 18.7 Å². The van der Waals surface area contributed by atoms with Crippen molar-refractivity contribution in [1.29, 1.82) is 0 Å². The topological polar surface area (TPSA) is 150 Å². The highest BCUT2D eigenvalue weighted by molar-refractivity contribution is 5.96. The summed E-state index contributed by atoms with van der Waals surface area (Å²) in [6.45, 7) is 6.57. The van der Waals surface area contributed by atoms with E-state index in [0.717, 1.165) is 55.0 Å². The fourth-order valence-electron chi connectivity index (χ4n) is 7.14. The largest absolute Gasteiger partial charge is 0.456 e. The standard InChI is InChI=1S/C34H41N7O5/c1-18(2)29(40-34(44)45-3)33(43)41-13-5-7-26(41)32-37-17-25(39-32)20-8-10-21-28(15-20)46-27-11-9-19(14-22(27)30(21)42)24-16-36-31(38-24)23-6-4-12-35-23/h8-11,14-15,18,23-26,29,35H,4-7,12-13,16-17H2,1-3H3,(H,36,38)(H,37,39)(H,40,44)/t23-,24?,25?,26-,29-/m0/s1. The van der Waals surface area contributed by atoms with Crippen molar-refractivity contribution in [1.82, 2.24) is 26.2 Å². The number of fused-ring (bicyclic) bond motifs is 2. The summed E-state index contributed by atoms with van der Waals surface area (Å²) >= 11 is 0. The van der Waals surface area contributed by atoms with Gasteiger partial charge in [-0.05, 0) is 73.5 Å². The number of aliphatic imine (C=N–C) groups is 2. The van der Waals surface area contributed by atoms with Gasteiger partial charge in [-0.1, -0.05) is 26.0 Å². The van der Waals surface area contributed by atoms with Gasteiger partial charge in [0.25, 0.3) is 0 Å². The van der Waals surface area contributed by atoms with Crippen LogP contribution in [0.1, 0.15) is 62.7 Å². The van der Waals surface area contributed by atoms with Crippen LogP contribution < -0.4 is 26.7 Å². The summed E-state index contributed by atoms with van der Waals surface area (Å²) < 4.78 is 11.0. The zero-order valence-corrected chi connectivity index (χ0v) is 26.5. The molecule has 1 aromatic heterocycles. The number of benzene rings is 2. The maximum absolute atomic E-state index is 13.6. The lowest BCUT2D eigenvalue weighted by atomic mass is 10.0. The van der Waals surface area contributed by atoms with Gasteiger partial charge in [0.15, 0.2) is 0 Å². The van der Waals surface area contributed by atoms with E-state index in [2.05, 4.69) is 21.3 Å². The number of rotatable bonds is 7. The second-order valence-electron chi connectivity index (χ2n) is 13.0. The lowest BCUT2D eigenvalue weighted by Crippen LogP contribution is -2.54. The minimum absolute atomic E-state index is 0.0355. The Morgan fingerprint density at radius 3 is 2.41 bits per heavy atom. The fraction of sp³-hybridized carbons (Fsp3) is 0.500. The zero-order chi connectivity index (χ0) is 31.9. The summed E-state index contributed by atoms with van der Waals surface area (Å²) in [4.78, 5) is 50.4. The van der Waals surface area contributed by atoms with Gasteiger partial charge in [0, 0.05) is 6.54 Å². The third-order valence-electron chi connectivity index (χ3n) is 9.69. The number of hydrogen-bond acceptors (Lipinski definition) is 10. The number of likely N-dealkylation sites (tertiary alicyclic amines) is 1. The van der Waals surface area contributed by atoms with Crippen molar-refractivity contribution in [3.8, 4) is 0 Å². The van der Waals surface area contributed by atoms with Crippen molar-refractivity contribution >= 4 is 45.6 Å². The molecule has 2 fully saturated rings. The molecule has 0 saturated carbocycles. The van der Waals surface area contributed by atoms with Crippen LogP contribution >= 0.6 is 0 Å². The monoisotopic (exact) mass is 627 g/mol. The van der Waals surface area contributed by atoms with Crippen LogP contribution in [0, 0.1) is 5.92 Å². The Hall–Kier alpha value is -4.45. The summed E-state index contributed by atoms with van der Waals surface area (Å²) in [6.07, 6.45) is 3.26. The van der Waals surface area contributed by atoms with Gasteiger partial charge in [-0.25, -0.2) is 4.79 Å². The Balaban J connectivity index is 1.06. The van der Waals surface area contributed by atoms with E-state index < -0.39 is 12.1 Å². The Morgan fingerprint density at radius 2 is 1.67 bits per heavy atom. The van der Waals surface area contributed by atoms with Gasteiger partial charge in [-0.3, -0.25) is 19.6 Å². The van der Waals surface area contributed by atoms with Gasteiger partial charge in [0.05, 0.1) is 55.1 Å². The Bertz CT molecular complexity index is 1790. The average molecular weight is 628 g/mol. The number of methoxy groups -OCH3 is 1. The number of carbonyl (C=O) groups excluding carboxylic acids is 2. The van der Waals surface area contributed by atoms with Crippen molar-refractivity contribution in [2.24, 2.45) is 15.9 Å². The molecule has 2 amide bonds. The molecule has 2 saturated heterocycles. The van der Waals surface area contributed by atoms with Gasteiger partial charge in [-0.2, -0.15) is 0 Å². The molecule has 7 rings (SSSR count). The summed E-state index contributed by atoms with van der Waals surface area (Å²) in [7, 11) is 1.29. The molecule has 2 aromatic carbocycles. The van der Waals surface area contributed by atoms with Crippen molar-refractivity contribution in [3.63, 3.8) is 0 Å². The van der Waals surface area contributed by atoms with Crippen molar-refractivity contribution in [2.45, 2.75) is 69.7 Å². The predicted octanol–water partition coefficient (Wildman–Crippen LogP) is 3.16. The first-order valence-electron chi connectivity index (χ1n) is 16.3. The molecule has 0 radical (unpaired) electrons. The summed E-state index contributed by atoms with van der Waals surface area (Å²) in [5.74, 6) is 1.53.